The number of aromatic amines is 1. The first kappa shape index (κ1) is 11.9. The number of nitrogens with two attached hydrogens (primary N) is 1. The van der Waals surface area contributed by atoms with Crippen LogP contribution in [0.2, 0.25) is 0 Å². The second-order valence-corrected chi connectivity index (χ2v) is 4.74. The molecule has 0 fully saturated rings. The summed E-state index contributed by atoms with van der Waals surface area (Å²) in [6.45, 7) is 5.04. The molecule has 0 aliphatic rings. The maximum atomic E-state index is 5.87. The van der Waals surface area contributed by atoms with Crippen molar-refractivity contribution in [3.05, 3.63) is 59.4 Å². The predicted molar refractivity (Wildman–Crippen MR) is 72.2 cm³/mol. The van der Waals surface area contributed by atoms with Crippen LogP contribution < -0.4 is 5.73 Å². The van der Waals surface area contributed by atoms with E-state index in [-0.39, 0.29) is 5.92 Å². The van der Waals surface area contributed by atoms with Crippen molar-refractivity contribution in [2.24, 2.45) is 5.73 Å². The van der Waals surface area contributed by atoms with Gasteiger partial charge >= 0.3 is 0 Å². The third-order valence-electron chi connectivity index (χ3n) is 3.24. The van der Waals surface area contributed by atoms with E-state index >= 15 is 0 Å². The van der Waals surface area contributed by atoms with Gasteiger partial charge in [-0.2, -0.15) is 0 Å². The summed E-state index contributed by atoms with van der Waals surface area (Å²) in [7, 11) is 0. The average Bonchev–Trinajstić information content (AvgIpc) is 2.84. The number of hydrogen-bond acceptors (Lipinski definition) is 1. The lowest BCUT2D eigenvalue weighted by Gasteiger charge is -2.15. The van der Waals surface area contributed by atoms with Gasteiger partial charge < -0.3 is 10.7 Å². The molecule has 1 aromatic carbocycles. The zero-order valence-corrected chi connectivity index (χ0v) is 10.5. The molecule has 2 nitrogen and oxygen atoms in total. The smallest absolute Gasteiger partial charge is 0.0363 e. The molecular weight excluding hydrogens is 208 g/mol. The first-order valence-electron chi connectivity index (χ1n) is 6.15. The Bertz CT molecular complexity index is 440. The molecule has 0 aliphatic heterocycles. The molecule has 17 heavy (non-hydrogen) atoms. The van der Waals surface area contributed by atoms with Gasteiger partial charge in [0, 0.05) is 24.4 Å². The highest BCUT2D eigenvalue weighted by Crippen LogP contribution is 2.24. The van der Waals surface area contributed by atoms with Crippen molar-refractivity contribution in [3.63, 3.8) is 0 Å². The summed E-state index contributed by atoms with van der Waals surface area (Å²) in [5.41, 5.74) is 9.71. The normalized spacial score (nSPS) is 12.9. The number of nitrogens with one attached hydrogen (secondary N) is 1. The molecule has 0 saturated carbocycles. The average molecular weight is 228 g/mol. The lowest BCUT2D eigenvalue weighted by molar-refractivity contribution is 0.791. The molecule has 1 heterocycles. The van der Waals surface area contributed by atoms with Crippen LogP contribution in [0.25, 0.3) is 0 Å². The maximum absolute atomic E-state index is 5.87. The van der Waals surface area contributed by atoms with E-state index in [0.29, 0.717) is 12.5 Å². The summed E-state index contributed by atoms with van der Waals surface area (Å²) in [6, 6.07) is 12.9. The lowest BCUT2D eigenvalue weighted by atomic mass is 9.93. The van der Waals surface area contributed by atoms with E-state index in [0.717, 1.165) is 0 Å². The zero-order chi connectivity index (χ0) is 12.3. The van der Waals surface area contributed by atoms with Gasteiger partial charge in [0.05, 0.1) is 0 Å². The van der Waals surface area contributed by atoms with Crippen LogP contribution >= 0.6 is 0 Å². The van der Waals surface area contributed by atoms with Gasteiger partial charge in [-0.25, -0.2) is 0 Å². The summed E-state index contributed by atoms with van der Waals surface area (Å²) >= 11 is 0. The van der Waals surface area contributed by atoms with Gasteiger partial charge in [0.1, 0.15) is 0 Å². The van der Waals surface area contributed by atoms with E-state index in [2.05, 4.69) is 49.2 Å². The van der Waals surface area contributed by atoms with Gasteiger partial charge in [0.25, 0.3) is 0 Å². The Kier molecular flexibility index (Phi) is 3.64. The van der Waals surface area contributed by atoms with Gasteiger partial charge in [-0.15, -0.1) is 0 Å². The first-order chi connectivity index (χ1) is 8.22. The van der Waals surface area contributed by atoms with Crippen LogP contribution in [0.4, 0.5) is 0 Å². The third-order valence-corrected chi connectivity index (χ3v) is 3.24. The van der Waals surface area contributed by atoms with Crippen molar-refractivity contribution in [3.8, 4) is 0 Å². The Morgan fingerprint density at radius 1 is 1.06 bits per heavy atom. The summed E-state index contributed by atoms with van der Waals surface area (Å²) in [4.78, 5) is 3.24. The van der Waals surface area contributed by atoms with Crippen LogP contribution in [0.5, 0.6) is 0 Å². The molecule has 90 valence electrons. The first-order valence-corrected chi connectivity index (χ1v) is 6.15. The molecular formula is C15H20N2. The van der Waals surface area contributed by atoms with Crippen LogP contribution in [0, 0.1) is 0 Å². The number of rotatable bonds is 4. The Balaban J connectivity index is 2.26. The summed E-state index contributed by atoms with van der Waals surface area (Å²) in [5.74, 6) is 0.845. The molecule has 2 rings (SSSR count). The van der Waals surface area contributed by atoms with Crippen molar-refractivity contribution in [2.75, 3.05) is 6.54 Å². The number of H-pyrrole nitrogens is 1. The third kappa shape index (κ3) is 2.59. The van der Waals surface area contributed by atoms with Crippen molar-refractivity contribution in [1.29, 1.82) is 0 Å². The molecule has 0 spiro atoms. The van der Waals surface area contributed by atoms with Crippen molar-refractivity contribution in [2.45, 2.75) is 25.7 Å². The summed E-state index contributed by atoms with van der Waals surface area (Å²) in [5, 5.41) is 0. The van der Waals surface area contributed by atoms with E-state index in [1.807, 2.05) is 12.3 Å². The minimum absolute atomic E-state index is 0.270. The molecule has 2 heteroatoms. The fraction of sp³-hybridized carbons (Fsp3) is 0.333. The number of hydrogen-bond donors (Lipinski definition) is 2. The van der Waals surface area contributed by atoms with Crippen molar-refractivity contribution < 1.29 is 0 Å². The monoisotopic (exact) mass is 228 g/mol. The van der Waals surface area contributed by atoms with Gasteiger partial charge in [0.2, 0.25) is 0 Å². The molecule has 1 unspecified atom stereocenters. The summed E-state index contributed by atoms with van der Waals surface area (Å²) in [6.07, 6.45) is 1.94. The molecule has 0 amide bonds. The van der Waals surface area contributed by atoms with Gasteiger partial charge in [-0.1, -0.05) is 38.1 Å². The van der Waals surface area contributed by atoms with Crippen LogP contribution in [-0.4, -0.2) is 11.5 Å². The van der Waals surface area contributed by atoms with E-state index in [1.54, 1.807) is 0 Å². The minimum atomic E-state index is 0.270. The molecule has 0 aliphatic carbocycles. The highest BCUT2D eigenvalue weighted by Gasteiger charge is 2.13. The van der Waals surface area contributed by atoms with E-state index in [9.17, 15) is 0 Å². The van der Waals surface area contributed by atoms with Gasteiger partial charge in [0.15, 0.2) is 0 Å². The quantitative estimate of drug-likeness (QED) is 0.829. The fourth-order valence-corrected chi connectivity index (χ4v) is 2.12. The highest BCUT2D eigenvalue weighted by atomic mass is 14.7. The summed E-state index contributed by atoms with van der Waals surface area (Å²) < 4.78 is 0. The SMILES string of the molecule is CC(C)c1ccc(C(CN)c2ccc[nH]2)cc1. The second kappa shape index (κ2) is 5.19. The highest BCUT2D eigenvalue weighted by molar-refractivity contribution is 5.32. The predicted octanol–water partition coefficient (Wildman–Crippen LogP) is 3.23. The Morgan fingerprint density at radius 2 is 1.71 bits per heavy atom. The second-order valence-electron chi connectivity index (χ2n) is 4.74. The molecule has 0 radical (unpaired) electrons. The topological polar surface area (TPSA) is 41.8 Å². The van der Waals surface area contributed by atoms with Crippen molar-refractivity contribution >= 4 is 0 Å². The van der Waals surface area contributed by atoms with Crippen LogP contribution in [0.3, 0.4) is 0 Å². The maximum Gasteiger partial charge on any atom is 0.0363 e. The molecule has 0 bridgehead atoms. The van der Waals surface area contributed by atoms with Crippen LogP contribution in [0.1, 0.15) is 42.5 Å². The van der Waals surface area contributed by atoms with Gasteiger partial charge in [-0.05, 0) is 29.2 Å². The molecule has 1 aromatic heterocycles. The standard InChI is InChI=1S/C15H20N2/c1-11(2)12-5-7-13(8-6-12)14(10-16)15-4-3-9-17-15/h3-9,11,14,17H,10,16H2,1-2H3. The van der Waals surface area contributed by atoms with E-state index in [4.69, 9.17) is 5.73 Å². The van der Waals surface area contributed by atoms with Crippen LogP contribution in [-0.2, 0) is 0 Å². The van der Waals surface area contributed by atoms with E-state index < -0.39 is 0 Å². The zero-order valence-electron chi connectivity index (χ0n) is 10.5. The fourth-order valence-electron chi connectivity index (χ4n) is 2.12. The van der Waals surface area contributed by atoms with Crippen LogP contribution in [0.15, 0.2) is 42.6 Å². The van der Waals surface area contributed by atoms with Crippen molar-refractivity contribution in [1.82, 2.24) is 4.98 Å². The Hall–Kier alpha value is -1.54. The molecule has 3 N–H and O–H groups in total. The number of benzene rings is 1. The Labute approximate surface area is 103 Å². The largest absolute Gasteiger partial charge is 0.364 e. The van der Waals surface area contributed by atoms with E-state index in [1.165, 1.54) is 16.8 Å². The molecule has 2 aromatic rings. The number of aromatic nitrogens is 1. The Morgan fingerprint density at radius 3 is 2.18 bits per heavy atom. The molecule has 0 saturated heterocycles. The minimum Gasteiger partial charge on any atom is -0.364 e. The van der Waals surface area contributed by atoms with Gasteiger partial charge in [-0.3, -0.25) is 0 Å². The molecule has 1 atom stereocenters. The lowest BCUT2D eigenvalue weighted by Crippen LogP contribution is -2.14.